The fourth-order valence-corrected chi connectivity index (χ4v) is 1.32. The summed E-state index contributed by atoms with van der Waals surface area (Å²) in [6.07, 6.45) is 3.00. The number of carbonyl (C=O) groups is 2. The average molecular weight is 251 g/mol. The molecule has 0 amide bonds. The molecule has 5 N–H and O–H groups in total. The molecule has 18 heavy (non-hydrogen) atoms. The molecular weight excluding hydrogens is 242 g/mol. The summed E-state index contributed by atoms with van der Waals surface area (Å²) in [4.78, 5) is 31.6. The van der Waals surface area contributed by atoms with Crippen LogP contribution in [0.2, 0.25) is 0 Å². The second kappa shape index (κ2) is 5.06. The lowest BCUT2D eigenvalue weighted by Crippen LogP contribution is -2.07. The van der Waals surface area contributed by atoms with Crippen LogP contribution in [0.25, 0.3) is 11.4 Å². The maximum atomic E-state index is 10.8. The van der Waals surface area contributed by atoms with Crippen molar-refractivity contribution in [1.82, 2.24) is 15.0 Å². The molecule has 0 fully saturated rings. The van der Waals surface area contributed by atoms with E-state index in [9.17, 15) is 9.59 Å². The molecule has 2 aromatic heterocycles. The highest BCUT2D eigenvalue weighted by atomic mass is 16.4. The molecule has 94 valence electrons. The van der Waals surface area contributed by atoms with E-state index >= 15 is 0 Å². The second-order valence-corrected chi connectivity index (χ2v) is 3.16. The fourth-order valence-electron chi connectivity index (χ4n) is 1.32. The number of aromatic carboxylic acids is 2. The largest absolute Gasteiger partial charge is 0.477 e. The highest BCUT2D eigenvalue weighted by Gasteiger charge is 2.22. The van der Waals surface area contributed by atoms with Gasteiger partial charge in [-0.05, 0) is 12.1 Å². The van der Waals surface area contributed by atoms with Gasteiger partial charge in [0.2, 0.25) is 0 Å². The Morgan fingerprint density at radius 3 is 2.39 bits per heavy atom. The van der Waals surface area contributed by atoms with E-state index in [1.54, 1.807) is 18.3 Å². The minimum atomic E-state index is -1.39. The number of hydrogen-bond acceptors (Lipinski definition) is 4. The number of aromatic amines is 1. The summed E-state index contributed by atoms with van der Waals surface area (Å²) >= 11 is 0. The van der Waals surface area contributed by atoms with Crippen molar-refractivity contribution < 1.29 is 25.3 Å². The van der Waals surface area contributed by atoms with Crippen LogP contribution in [-0.4, -0.2) is 42.6 Å². The maximum Gasteiger partial charge on any atom is 0.357 e. The Morgan fingerprint density at radius 2 is 1.94 bits per heavy atom. The molecule has 0 saturated heterocycles. The topological polar surface area (TPSA) is 148 Å². The van der Waals surface area contributed by atoms with Crippen molar-refractivity contribution >= 4 is 11.9 Å². The first-order chi connectivity index (χ1) is 8.09. The van der Waals surface area contributed by atoms with E-state index in [0.717, 1.165) is 0 Å². The second-order valence-electron chi connectivity index (χ2n) is 3.16. The number of aromatic nitrogens is 3. The molecule has 8 heteroatoms. The molecule has 2 rings (SSSR count). The Balaban J connectivity index is 0.00000162. The zero-order valence-electron chi connectivity index (χ0n) is 8.91. The van der Waals surface area contributed by atoms with E-state index in [1.807, 2.05) is 0 Å². The van der Waals surface area contributed by atoms with Gasteiger partial charge in [-0.3, -0.25) is 4.98 Å². The van der Waals surface area contributed by atoms with Gasteiger partial charge >= 0.3 is 11.9 Å². The first-order valence-electron chi connectivity index (χ1n) is 4.56. The third kappa shape index (κ3) is 2.33. The van der Waals surface area contributed by atoms with Gasteiger partial charge in [0.25, 0.3) is 0 Å². The van der Waals surface area contributed by atoms with Crippen LogP contribution in [0.15, 0.2) is 24.5 Å². The van der Waals surface area contributed by atoms with Crippen LogP contribution in [0.1, 0.15) is 21.0 Å². The van der Waals surface area contributed by atoms with Gasteiger partial charge in [-0.2, -0.15) is 0 Å². The lowest BCUT2D eigenvalue weighted by atomic mass is 10.3. The number of carboxylic acid groups (broad SMARTS) is 2. The van der Waals surface area contributed by atoms with Crippen LogP contribution in [0.4, 0.5) is 0 Å². The van der Waals surface area contributed by atoms with Crippen molar-refractivity contribution in [3.63, 3.8) is 0 Å². The minimum Gasteiger partial charge on any atom is -0.477 e. The van der Waals surface area contributed by atoms with Gasteiger partial charge in [0.15, 0.2) is 11.4 Å². The average Bonchev–Trinajstić information content (AvgIpc) is 2.75. The number of nitrogens with zero attached hydrogens (tertiary/aromatic N) is 2. The van der Waals surface area contributed by atoms with E-state index in [2.05, 4.69) is 15.0 Å². The normalized spacial score (nSPS) is 9.56. The van der Waals surface area contributed by atoms with Crippen molar-refractivity contribution in [3.8, 4) is 11.4 Å². The van der Waals surface area contributed by atoms with Crippen molar-refractivity contribution in [3.05, 3.63) is 35.9 Å². The van der Waals surface area contributed by atoms with Gasteiger partial charge in [-0.1, -0.05) is 0 Å². The summed E-state index contributed by atoms with van der Waals surface area (Å²) in [5, 5.41) is 17.6. The summed E-state index contributed by atoms with van der Waals surface area (Å²) < 4.78 is 0. The van der Waals surface area contributed by atoms with Gasteiger partial charge in [0, 0.05) is 18.0 Å². The van der Waals surface area contributed by atoms with Crippen molar-refractivity contribution in [2.24, 2.45) is 0 Å². The first kappa shape index (κ1) is 13.3. The number of nitrogens with one attached hydrogen (secondary N) is 1. The molecule has 0 spiro atoms. The highest BCUT2D eigenvalue weighted by Crippen LogP contribution is 2.17. The van der Waals surface area contributed by atoms with E-state index in [0.29, 0.717) is 5.56 Å². The predicted molar refractivity (Wildman–Crippen MR) is 59.4 cm³/mol. The molecule has 0 aliphatic carbocycles. The highest BCUT2D eigenvalue weighted by molar-refractivity contribution is 5.99. The summed E-state index contributed by atoms with van der Waals surface area (Å²) in [5.41, 5.74) is -0.449. The number of pyridine rings is 1. The molecule has 0 aliphatic rings. The molecule has 0 aromatic carbocycles. The molecule has 2 heterocycles. The Hall–Kier alpha value is -2.74. The van der Waals surface area contributed by atoms with Crippen LogP contribution < -0.4 is 0 Å². The predicted octanol–water partition coefficient (Wildman–Crippen LogP) is 0.0434. The molecule has 0 unspecified atom stereocenters. The standard InChI is InChI=1S/C10H7N3O4.H2O/c14-9(15)6-7(10(16)17)13-8(12-6)5-2-1-3-11-4-5;/h1-4H,(H,12,13)(H,14,15)(H,16,17);1H2. The van der Waals surface area contributed by atoms with E-state index in [1.165, 1.54) is 6.20 Å². The number of imidazole rings is 1. The molecule has 0 radical (unpaired) electrons. The molecular formula is C10H9N3O5. The number of carboxylic acids is 2. The smallest absolute Gasteiger partial charge is 0.357 e. The minimum absolute atomic E-state index is 0. The molecule has 0 bridgehead atoms. The van der Waals surface area contributed by atoms with Crippen molar-refractivity contribution in [1.29, 1.82) is 0 Å². The number of hydrogen-bond donors (Lipinski definition) is 3. The van der Waals surface area contributed by atoms with Gasteiger partial charge in [0.05, 0.1) is 0 Å². The third-order valence-corrected chi connectivity index (χ3v) is 2.06. The van der Waals surface area contributed by atoms with Gasteiger partial charge < -0.3 is 20.7 Å². The Labute approximate surface area is 100 Å². The SMILES string of the molecule is O.O=C(O)c1nc(-c2cccnc2)[nH]c1C(=O)O. The van der Waals surface area contributed by atoms with Gasteiger partial charge in [-0.25, -0.2) is 14.6 Å². The Kier molecular flexibility index (Phi) is 3.75. The van der Waals surface area contributed by atoms with Crippen LogP contribution in [0, 0.1) is 0 Å². The zero-order chi connectivity index (χ0) is 12.4. The van der Waals surface area contributed by atoms with Gasteiger partial charge in [0.1, 0.15) is 5.82 Å². The van der Waals surface area contributed by atoms with E-state index in [4.69, 9.17) is 10.2 Å². The lowest BCUT2D eigenvalue weighted by molar-refractivity contribution is 0.0644. The lowest BCUT2D eigenvalue weighted by Gasteiger charge is -1.93. The van der Waals surface area contributed by atoms with Crippen molar-refractivity contribution in [2.75, 3.05) is 0 Å². The first-order valence-corrected chi connectivity index (χ1v) is 4.56. The molecule has 0 saturated carbocycles. The molecule has 0 atom stereocenters. The van der Waals surface area contributed by atoms with E-state index in [-0.39, 0.29) is 11.3 Å². The van der Waals surface area contributed by atoms with Crippen LogP contribution >= 0.6 is 0 Å². The zero-order valence-corrected chi connectivity index (χ0v) is 8.91. The summed E-state index contributed by atoms with van der Waals surface area (Å²) in [5.74, 6) is -2.60. The molecule has 2 aromatic rings. The number of rotatable bonds is 3. The van der Waals surface area contributed by atoms with Crippen LogP contribution in [-0.2, 0) is 0 Å². The molecule has 8 nitrogen and oxygen atoms in total. The summed E-state index contributed by atoms with van der Waals surface area (Å²) in [6.45, 7) is 0. The monoisotopic (exact) mass is 251 g/mol. The summed E-state index contributed by atoms with van der Waals surface area (Å²) in [7, 11) is 0. The van der Waals surface area contributed by atoms with E-state index < -0.39 is 23.3 Å². The van der Waals surface area contributed by atoms with Crippen LogP contribution in [0.5, 0.6) is 0 Å². The van der Waals surface area contributed by atoms with Gasteiger partial charge in [-0.15, -0.1) is 0 Å². The Morgan fingerprint density at radius 1 is 1.22 bits per heavy atom. The third-order valence-electron chi connectivity index (χ3n) is 2.06. The van der Waals surface area contributed by atoms with Crippen LogP contribution in [0.3, 0.4) is 0 Å². The summed E-state index contributed by atoms with van der Waals surface area (Å²) in [6, 6.07) is 3.28. The van der Waals surface area contributed by atoms with Crippen molar-refractivity contribution in [2.45, 2.75) is 0 Å². The fraction of sp³-hybridized carbons (Fsp3) is 0. The molecule has 0 aliphatic heterocycles. The maximum absolute atomic E-state index is 10.8. The number of H-pyrrole nitrogens is 1. The Bertz CT molecular complexity index is 547. The quantitative estimate of drug-likeness (QED) is 0.701.